The van der Waals surface area contributed by atoms with Crippen molar-refractivity contribution in [2.45, 2.75) is 51.1 Å². The van der Waals surface area contributed by atoms with Crippen LogP contribution in [0.3, 0.4) is 0 Å². The van der Waals surface area contributed by atoms with Gasteiger partial charge in [-0.3, -0.25) is 4.90 Å². The second kappa shape index (κ2) is 7.65. The van der Waals surface area contributed by atoms with E-state index in [2.05, 4.69) is 24.0 Å². The molecule has 1 aliphatic rings. The van der Waals surface area contributed by atoms with Crippen LogP contribution in [0.2, 0.25) is 0 Å². The topological polar surface area (TPSA) is 38.5 Å². The number of nitrogens with two attached hydrogens (primary N) is 1. The van der Waals surface area contributed by atoms with E-state index >= 15 is 0 Å². The van der Waals surface area contributed by atoms with Crippen LogP contribution in [0.4, 0.5) is 0 Å². The van der Waals surface area contributed by atoms with Crippen LogP contribution in [0.15, 0.2) is 24.3 Å². The van der Waals surface area contributed by atoms with Gasteiger partial charge in [-0.1, -0.05) is 37.5 Å². The lowest BCUT2D eigenvalue weighted by Gasteiger charge is -2.36. The second-order valence-corrected chi connectivity index (χ2v) is 5.85. The van der Waals surface area contributed by atoms with Gasteiger partial charge < -0.3 is 10.5 Å². The molecule has 1 fully saturated rings. The Hall–Kier alpha value is -1.06. The van der Waals surface area contributed by atoms with Crippen molar-refractivity contribution in [2.75, 3.05) is 20.2 Å². The molecule has 1 saturated heterocycles. The van der Waals surface area contributed by atoms with Crippen LogP contribution < -0.4 is 10.5 Å². The predicted molar refractivity (Wildman–Crippen MR) is 84.0 cm³/mol. The van der Waals surface area contributed by atoms with Crippen LogP contribution in [-0.2, 0) is 0 Å². The Labute approximate surface area is 123 Å². The fraction of sp³-hybridized carbons (Fsp3) is 0.647. The number of hydrogen-bond acceptors (Lipinski definition) is 3. The Morgan fingerprint density at radius 1 is 1.05 bits per heavy atom. The van der Waals surface area contributed by atoms with Crippen LogP contribution in [0, 0.1) is 0 Å². The Bertz CT molecular complexity index is 398. The molecule has 20 heavy (non-hydrogen) atoms. The number of benzene rings is 1. The Morgan fingerprint density at radius 3 is 2.25 bits per heavy atom. The third-order valence-electron chi connectivity index (χ3n) is 4.24. The molecule has 0 spiro atoms. The van der Waals surface area contributed by atoms with Crippen LogP contribution in [0.5, 0.6) is 5.75 Å². The van der Waals surface area contributed by atoms with E-state index in [1.165, 1.54) is 37.7 Å². The molecule has 0 aliphatic carbocycles. The van der Waals surface area contributed by atoms with Gasteiger partial charge >= 0.3 is 0 Å². The molecule has 1 aromatic carbocycles. The largest absolute Gasteiger partial charge is 0.496 e. The van der Waals surface area contributed by atoms with Crippen molar-refractivity contribution in [1.29, 1.82) is 0 Å². The first kappa shape index (κ1) is 15.3. The van der Waals surface area contributed by atoms with Crippen molar-refractivity contribution in [3.8, 4) is 5.75 Å². The Balaban J connectivity index is 2.24. The number of nitrogens with zero attached hydrogens (tertiary/aromatic N) is 1. The lowest BCUT2D eigenvalue weighted by Crippen LogP contribution is -2.41. The molecule has 112 valence electrons. The van der Waals surface area contributed by atoms with Crippen LogP contribution in [0.1, 0.15) is 50.6 Å². The quantitative estimate of drug-likeness (QED) is 0.916. The Kier molecular flexibility index (Phi) is 5.86. The molecule has 1 heterocycles. The molecular weight excluding hydrogens is 248 g/mol. The zero-order chi connectivity index (χ0) is 14.4. The standard InChI is InChI=1S/C17H28N2O/c1-14(18)17(15-10-6-7-11-16(15)20-2)19-12-8-4-3-5-9-13-19/h6-7,10-11,14,17H,3-5,8-9,12-13,18H2,1-2H3. The summed E-state index contributed by atoms with van der Waals surface area (Å²) in [5.41, 5.74) is 7.54. The summed E-state index contributed by atoms with van der Waals surface area (Å²) in [6, 6.07) is 8.65. The molecule has 0 saturated carbocycles. The summed E-state index contributed by atoms with van der Waals surface area (Å²) < 4.78 is 5.54. The summed E-state index contributed by atoms with van der Waals surface area (Å²) in [5, 5.41) is 0. The summed E-state index contributed by atoms with van der Waals surface area (Å²) in [4.78, 5) is 2.56. The van der Waals surface area contributed by atoms with E-state index in [4.69, 9.17) is 10.5 Å². The smallest absolute Gasteiger partial charge is 0.123 e. The molecule has 2 atom stereocenters. The molecule has 2 unspecified atom stereocenters. The third kappa shape index (κ3) is 3.74. The first-order valence-corrected chi connectivity index (χ1v) is 7.86. The zero-order valence-electron chi connectivity index (χ0n) is 12.8. The molecule has 3 nitrogen and oxygen atoms in total. The number of methoxy groups -OCH3 is 1. The normalized spacial score (nSPS) is 20.8. The highest BCUT2D eigenvalue weighted by atomic mass is 16.5. The van der Waals surface area contributed by atoms with Gasteiger partial charge in [0.25, 0.3) is 0 Å². The summed E-state index contributed by atoms with van der Waals surface area (Å²) in [5.74, 6) is 0.955. The van der Waals surface area contributed by atoms with Gasteiger partial charge in [-0.05, 0) is 38.9 Å². The van der Waals surface area contributed by atoms with Gasteiger partial charge in [-0.25, -0.2) is 0 Å². The number of para-hydroxylation sites is 1. The number of likely N-dealkylation sites (tertiary alicyclic amines) is 1. The summed E-state index contributed by atoms with van der Waals surface area (Å²) in [7, 11) is 1.74. The summed E-state index contributed by atoms with van der Waals surface area (Å²) in [6.45, 7) is 4.39. The van der Waals surface area contributed by atoms with Crippen molar-refractivity contribution >= 4 is 0 Å². The van der Waals surface area contributed by atoms with Gasteiger partial charge in [0.15, 0.2) is 0 Å². The van der Waals surface area contributed by atoms with E-state index in [0.29, 0.717) is 0 Å². The van der Waals surface area contributed by atoms with E-state index in [1.54, 1.807) is 7.11 Å². The van der Waals surface area contributed by atoms with E-state index in [0.717, 1.165) is 18.8 Å². The molecule has 0 bridgehead atoms. The first-order chi connectivity index (χ1) is 9.74. The Morgan fingerprint density at radius 2 is 1.65 bits per heavy atom. The minimum Gasteiger partial charge on any atom is -0.496 e. The molecule has 2 N–H and O–H groups in total. The van der Waals surface area contributed by atoms with E-state index in [9.17, 15) is 0 Å². The molecule has 2 rings (SSSR count). The molecule has 0 aromatic heterocycles. The number of hydrogen-bond donors (Lipinski definition) is 1. The van der Waals surface area contributed by atoms with Gasteiger partial charge in [0.05, 0.1) is 13.2 Å². The molecule has 1 aliphatic heterocycles. The van der Waals surface area contributed by atoms with Crippen molar-refractivity contribution in [2.24, 2.45) is 5.73 Å². The molecule has 3 heteroatoms. The van der Waals surface area contributed by atoms with Crippen LogP contribution in [0.25, 0.3) is 0 Å². The van der Waals surface area contributed by atoms with Crippen molar-refractivity contribution in [3.05, 3.63) is 29.8 Å². The average Bonchev–Trinajstić information content (AvgIpc) is 2.41. The van der Waals surface area contributed by atoms with Crippen LogP contribution in [-0.4, -0.2) is 31.1 Å². The van der Waals surface area contributed by atoms with Crippen molar-refractivity contribution in [1.82, 2.24) is 4.90 Å². The molecular formula is C17H28N2O. The number of ether oxygens (including phenoxy) is 1. The first-order valence-electron chi connectivity index (χ1n) is 7.86. The van der Waals surface area contributed by atoms with E-state index in [-0.39, 0.29) is 12.1 Å². The van der Waals surface area contributed by atoms with Gasteiger partial charge in [0.2, 0.25) is 0 Å². The molecule has 1 aromatic rings. The average molecular weight is 276 g/mol. The van der Waals surface area contributed by atoms with E-state index < -0.39 is 0 Å². The van der Waals surface area contributed by atoms with E-state index in [1.807, 2.05) is 12.1 Å². The van der Waals surface area contributed by atoms with Gasteiger partial charge in [0.1, 0.15) is 5.75 Å². The lowest BCUT2D eigenvalue weighted by atomic mass is 9.96. The highest BCUT2D eigenvalue weighted by Gasteiger charge is 2.26. The van der Waals surface area contributed by atoms with Crippen molar-refractivity contribution in [3.63, 3.8) is 0 Å². The summed E-state index contributed by atoms with van der Waals surface area (Å²) >= 11 is 0. The summed E-state index contributed by atoms with van der Waals surface area (Å²) in [6.07, 6.45) is 6.62. The minimum atomic E-state index is 0.103. The highest BCUT2D eigenvalue weighted by molar-refractivity contribution is 5.36. The SMILES string of the molecule is COc1ccccc1C(C(C)N)N1CCCCCCC1. The number of rotatable bonds is 4. The van der Waals surface area contributed by atoms with Gasteiger partial charge in [0, 0.05) is 11.6 Å². The maximum atomic E-state index is 6.32. The maximum absolute atomic E-state index is 6.32. The minimum absolute atomic E-state index is 0.103. The van der Waals surface area contributed by atoms with Crippen molar-refractivity contribution < 1.29 is 4.74 Å². The predicted octanol–water partition coefficient (Wildman–Crippen LogP) is 3.35. The molecule has 0 amide bonds. The fourth-order valence-corrected chi connectivity index (χ4v) is 3.27. The monoisotopic (exact) mass is 276 g/mol. The van der Waals surface area contributed by atoms with Gasteiger partial charge in [-0.15, -0.1) is 0 Å². The molecule has 0 radical (unpaired) electrons. The maximum Gasteiger partial charge on any atom is 0.123 e. The third-order valence-corrected chi connectivity index (χ3v) is 4.24. The zero-order valence-corrected chi connectivity index (χ0v) is 12.8. The van der Waals surface area contributed by atoms with Crippen LogP contribution >= 0.6 is 0 Å². The highest BCUT2D eigenvalue weighted by Crippen LogP contribution is 2.32. The second-order valence-electron chi connectivity index (χ2n) is 5.85. The fourth-order valence-electron chi connectivity index (χ4n) is 3.27. The lowest BCUT2D eigenvalue weighted by molar-refractivity contribution is 0.158. The van der Waals surface area contributed by atoms with Gasteiger partial charge in [-0.2, -0.15) is 0 Å².